The van der Waals surface area contributed by atoms with Crippen LogP contribution in [0.2, 0.25) is 5.02 Å². The zero-order valence-electron chi connectivity index (χ0n) is 27.0. The van der Waals surface area contributed by atoms with Gasteiger partial charge in [-0.15, -0.1) is 0 Å². The Hall–Kier alpha value is -4.69. The second-order valence-corrected chi connectivity index (χ2v) is 12.6. The molecule has 2 heterocycles. The van der Waals surface area contributed by atoms with Crippen LogP contribution < -0.4 is 15.4 Å². The first-order valence-electron chi connectivity index (χ1n) is 15.8. The molecular weight excluding hydrogens is 608 g/mol. The molecule has 2 aliphatic heterocycles. The molecule has 0 saturated heterocycles. The van der Waals surface area contributed by atoms with Gasteiger partial charge in [0.2, 0.25) is 0 Å². The summed E-state index contributed by atoms with van der Waals surface area (Å²) in [5.41, 5.74) is 8.19. The molecule has 7 rings (SSSR count). The van der Waals surface area contributed by atoms with E-state index in [-0.39, 0.29) is 11.8 Å². The van der Waals surface area contributed by atoms with Crippen molar-refractivity contribution in [3.05, 3.63) is 135 Å². The third-order valence-electron chi connectivity index (χ3n) is 8.78. The van der Waals surface area contributed by atoms with Gasteiger partial charge in [0.15, 0.2) is 0 Å². The monoisotopic (exact) mass is 646 g/mol. The summed E-state index contributed by atoms with van der Waals surface area (Å²) in [7, 11) is 5.78. The van der Waals surface area contributed by atoms with Crippen LogP contribution in [0.15, 0.2) is 97.1 Å². The molecule has 7 nitrogen and oxygen atoms in total. The quantitative estimate of drug-likeness (QED) is 0.205. The Labute approximate surface area is 281 Å². The molecule has 0 spiro atoms. The second-order valence-electron chi connectivity index (χ2n) is 12.2. The Morgan fingerprint density at radius 1 is 0.681 bits per heavy atom. The molecule has 5 aromatic carbocycles. The first kappa shape index (κ1) is 32.3. The van der Waals surface area contributed by atoms with Gasteiger partial charge in [0.05, 0.1) is 12.1 Å². The molecule has 0 saturated carbocycles. The molecule has 240 valence electrons. The van der Waals surface area contributed by atoms with Gasteiger partial charge in [0, 0.05) is 48.7 Å². The number of fused-ring (bicyclic) bond motifs is 3. The van der Waals surface area contributed by atoms with Crippen LogP contribution in [0.25, 0.3) is 10.8 Å². The summed E-state index contributed by atoms with van der Waals surface area (Å²) >= 11 is 6.08. The smallest absolute Gasteiger partial charge is 0.256 e. The third-order valence-corrected chi connectivity index (χ3v) is 9.08. The number of methoxy groups -OCH3 is 1. The number of carbonyl (C=O) groups is 2. The fourth-order valence-corrected chi connectivity index (χ4v) is 6.44. The second kappa shape index (κ2) is 14.4. The summed E-state index contributed by atoms with van der Waals surface area (Å²) in [6.45, 7) is 4.01. The lowest BCUT2D eigenvalue weighted by Crippen LogP contribution is -2.26. The molecule has 2 amide bonds. The predicted octanol–water partition coefficient (Wildman–Crippen LogP) is 7.67. The van der Waals surface area contributed by atoms with E-state index < -0.39 is 0 Å². The van der Waals surface area contributed by atoms with E-state index >= 15 is 0 Å². The van der Waals surface area contributed by atoms with Crippen LogP contribution in [-0.2, 0) is 25.9 Å². The Bertz CT molecular complexity index is 1940. The summed E-state index contributed by atoms with van der Waals surface area (Å²) < 4.78 is 5.10. The van der Waals surface area contributed by atoms with E-state index in [2.05, 4.69) is 52.7 Å². The number of hydrogen-bond acceptors (Lipinski definition) is 5. The predicted molar refractivity (Wildman–Crippen MR) is 191 cm³/mol. The van der Waals surface area contributed by atoms with Gasteiger partial charge in [0.25, 0.3) is 11.8 Å². The maximum Gasteiger partial charge on any atom is 0.256 e. The highest BCUT2D eigenvalue weighted by molar-refractivity contribution is 6.32. The molecule has 0 radical (unpaired) electrons. The lowest BCUT2D eigenvalue weighted by molar-refractivity contribution is 0.101. The number of nitrogens with zero attached hydrogens (tertiary/aromatic N) is 2. The number of nitrogens with one attached hydrogen (secondary N) is 2. The van der Waals surface area contributed by atoms with Crippen molar-refractivity contribution >= 4 is 45.6 Å². The van der Waals surface area contributed by atoms with Gasteiger partial charge in [-0.2, -0.15) is 0 Å². The molecular formula is C39H39ClN4O3. The number of anilines is 2. The van der Waals surface area contributed by atoms with E-state index in [1.54, 1.807) is 25.3 Å². The molecule has 2 aliphatic rings. The number of rotatable bonds is 5. The molecule has 8 heteroatoms. The number of likely N-dealkylation sites (N-methyl/N-ethyl adjacent to an activating group) is 2. The van der Waals surface area contributed by atoms with Gasteiger partial charge >= 0.3 is 0 Å². The molecule has 0 aromatic heterocycles. The minimum absolute atomic E-state index is 0.0593. The Morgan fingerprint density at radius 3 is 1.89 bits per heavy atom. The van der Waals surface area contributed by atoms with Crippen LogP contribution in [0.4, 0.5) is 11.4 Å². The van der Waals surface area contributed by atoms with Gasteiger partial charge in [0.1, 0.15) is 5.75 Å². The summed E-state index contributed by atoms with van der Waals surface area (Å²) in [6, 6.07) is 31.2. The van der Waals surface area contributed by atoms with Crippen molar-refractivity contribution in [1.29, 1.82) is 0 Å². The zero-order chi connectivity index (χ0) is 32.9. The van der Waals surface area contributed by atoms with Gasteiger partial charge in [-0.05, 0) is 108 Å². The first-order chi connectivity index (χ1) is 22.8. The average Bonchev–Trinajstić information content (AvgIpc) is 3.08. The molecule has 0 unspecified atom stereocenters. The van der Waals surface area contributed by atoms with Gasteiger partial charge in [-0.3, -0.25) is 9.59 Å². The molecule has 2 N–H and O–H groups in total. The van der Waals surface area contributed by atoms with Crippen molar-refractivity contribution in [2.45, 2.75) is 25.9 Å². The number of ether oxygens (including phenoxy) is 1. The molecule has 0 fully saturated rings. The molecule has 47 heavy (non-hydrogen) atoms. The van der Waals surface area contributed by atoms with Crippen LogP contribution in [0.5, 0.6) is 5.75 Å². The van der Waals surface area contributed by atoms with Gasteiger partial charge in [-0.25, -0.2) is 0 Å². The van der Waals surface area contributed by atoms with Gasteiger partial charge in [-0.1, -0.05) is 60.1 Å². The minimum Gasteiger partial charge on any atom is -0.495 e. The average molecular weight is 647 g/mol. The van der Waals surface area contributed by atoms with E-state index in [4.69, 9.17) is 16.3 Å². The number of amides is 2. The summed E-state index contributed by atoms with van der Waals surface area (Å²) in [4.78, 5) is 29.7. The number of hydrogen-bond donors (Lipinski definition) is 2. The minimum atomic E-state index is -0.182. The summed E-state index contributed by atoms with van der Waals surface area (Å²) in [5.74, 6) is 0.314. The van der Waals surface area contributed by atoms with Crippen molar-refractivity contribution < 1.29 is 14.3 Å². The normalized spacial score (nSPS) is 14.3. The lowest BCUT2D eigenvalue weighted by atomic mass is 9.99. The van der Waals surface area contributed by atoms with E-state index in [1.807, 2.05) is 60.7 Å². The molecule has 0 bridgehead atoms. The van der Waals surface area contributed by atoms with E-state index in [9.17, 15) is 9.59 Å². The fourth-order valence-electron chi connectivity index (χ4n) is 6.18. The lowest BCUT2D eigenvalue weighted by Gasteiger charge is -2.25. The SMILES string of the molecule is CN1CCc2ccc(NC(=O)c3cccc4ccccc34)cc2C1.COc1ccc(C(=O)Nc2ccc3c(c2)CN(C)CC3)cc1Cl. The van der Waals surface area contributed by atoms with Crippen LogP contribution >= 0.6 is 11.6 Å². The largest absolute Gasteiger partial charge is 0.495 e. The highest BCUT2D eigenvalue weighted by Crippen LogP contribution is 2.27. The highest BCUT2D eigenvalue weighted by atomic mass is 35.5. The number of carbonyl (C=O) groups excluding carboxylic acids is 2. The third kappa shape index (κ3) is 7.66. The van der Waals surface area contributed by atoms with Crippen molar-refractivity contribution in [3.63, 3.8) is 0 Å². The standard InChI is InChI=1S/C21H20N2O.C18H19ClN2O2/c1-23-12-11-15-9-10-18(13-17(15)14-23)22-21(24)20-8-4-6-16-5-2-3-7-19(16)20;1-21-8-7-12-3-5-15(9-14(12)11-21)20-18(22)13-4-6-17(23-2)16(19)10-13/h2-10,13H,11-12,14H2,1H3,(H,22,24);3-6,9-10H,7-8,11H2,1-2H3,(H,20,22). The maximum absolute atomic E-state index is 12.7. The van der Waals surface area contributed by atoms with Crippen molar-refractivity contribution in [2.75, 3.05) is 44.9 Å². The fraction of sp³-hybridized carbons (Fsp3) is 0.231. The van der Waals surface area contributed by atoms with Crippen LogP contribution in [0.3, 0.4) is 0 Å². The zero-order valence-corrected chi connectivity index (χ0v) is 27.7. The van der Waals surface area contributed by atoms with Crippen LogP contribution in [0.1, 0.15) is 43.0 Å². The van der Waals surface area contributed by atoms with Crippen molar-refractivity contribution in [2.24, 2.45) is 0 Å². The Kier molecular flexibility index (Phi) is 9.87. The van der Waals surface area contributed by atoms with Crippen LogP contribution in [-0.4, -0.2) is 55.9 Å². The Balaban J connectivity index is 0.000000165. The molecule has 0 atom stereocenters. The van der Waals surface area contributed by atoms with Crippen LogP contribution in [0, 0.1) is 0 Å². The molecule has 5 aromatic rings. The van der Waals surface area contributed by atoms with E-state index in [0.29, 0.717) is 21.9 Å². The van der Waals surface area contributed by atoms with E-state index in [1.165, 1.54) is 22.3 Å². The number of benzene rings is 5. The summed E-state index contributed by atoms with van der Waals surface area (Å²) in [6.07, 6.45) is 2.12. The molecule has 0 aliphatic carbocycles. The van der Waals surface area contributed by atoms with E-state index in [0.717, 1.165) is 61.2 Å². The maximum atomic E-state index is 12.7. The number of halogens is 1. The topological polar surface area (TPSA) is 73.9 Å². The van der Waals surface area contributed by atoms with Crippen molar-refractivity contribution in [1.82, 2.24) is 9.80 Å². The van der Waals surface area contributed by atoms with Gasteiger partial charge < -0.3 is 25.2 Å². The Morgan fingerprint density at radius 2 is 1.28 bits per heavy atom. The van der Waals surface area contributed by atoms with Crippen molar-refractivity contribution in [3.8, 4) is 5.75 Å². The first-order valence-corrected chi connectivity index (χ1v) is 16.2. The highest BCUT2D eigenvalue weighted by Gasteiger charge is 2.17. The summed E-state index contributed by atoms with van der Waals surface area (Å²) in [5, 5.41) is 8.47.